The van der Waals surface area contributed by atoms with Crippen LogP contribution in [0.2, 0.25) is 0 Å². The number of ether oxygens (including phenoxy) is 1. The molecule has 0 atom stereocenters. The molecule has 0 aliphatic carbocycles. The van der Waals surface area contributed by atoms with E-state index in [4.69, 9.17) is 4.74 Å². The lowest BCUT2D eigenvalue weighted by atomic mass is 9.87. The number of hydrogen-bond acceptors (Lipinski definition) is 5. The van der Waals surface area contributed by atoms with Crippen molar-refractivity contribution in [1.29, 1.82) is 0 Å². The molecule has 6 heteroatoms. The molecule has 0 radical (unpaired) electrons. The number of benzene rings is 1. The van der Waals surface area contributed by atoms with Crippen LogP contribution in [0.3, 0.4) is 0 Å². The van der Waals surface area contributed by atoms with Crippen molar-refractivity contribution in [3.63, 3.8) is 0 Å². The molecule has 0 fully saturated rings. The van der Waals surface area contributed by atoms with Gasteiger partial charge < -0.3 is 9.72 Å². The zero-order valence-corrected chi connectivity index (χ0v) is 16.9. The number of carbonyl (C=O) groups is 1. The van der Waals surface area contributed by atoms with Crippen LogP contribution < -0.4 is 5.56 Å². The molecule has 1 N–H and O–H groups in total. The lowest BCUT2D eigenvalue weighted by Gasteiger charge is -2.18. The maximum atomic E-state index is 12.4. The van der Waals surface area contributed by atoms with E-state index >= 15 is 0 Å². The first kappa shape index (κ1) is 19.0. The minimum Gasteiger partial charge on any atom is -0.465 e. The molecule has 27 heavy (non-hydrogen) atoms. The van der Waals surface area contributed by atoms with Gasteiger partial charge in [0.25, 0.3) is 5.56 Å². The highest BCUT2D eigenvalue weighted by Gasteiger charge is 2.19. The normalized spacial score (nSPS) is 12.0. The summed E-state index contributed by atoms with van der Waals surface area (Å²) in [7, 11) is 1.32. The summed E-state index contributed by atoms with van der Waals surface area (Å²) in [4.78, 5) is 32.5. The van der Waals surface area contributed by atoms with E-state index in [0.29, 0.717) is 26.5 Å². The van der Waals surface area contributed by atoms with E-state index in [1.165, 1.54) is 24.0 Å². The molecule has 0 bridgehead atoms. The van der Waals surface area contributed by atoms with Gasteiger partial charge in [-0.3, -0.25) is 4.79 Å². The predicted molar refractivity (Wildman–Crippen MR) is 110 cm³/mol. The Labute approximate surface area is 161 Å². The first-order valence-electron chi connectivity index (χ1n) is 8.61. The quantitative estimate of drug-likeness (QED) is 0.675. The number of esters is 1. The number of nitrogens with one attached hydrogen (secondary N) is 1. The molecule has 3 rings (SSSR count). The molecule has 0 aliphatic heterocycles. The van der Waals surface area contributed by atoms with Gasteiger partial charge in [0, 0.05) is 0 Å². The summed E-state index contributed by atoms with van der Waals surface area (Å²) in [5.41, 5.74) is 2.73. The number of aromatic amines is 1. The van der Waals surface area contributed by atoms with E-state index in [-0.39, 0.29) is 11.0 Å². The Morgan fingerprint density at radius 2 is 1.85 bits per heavy atom. The molecule has 3 aromatic rings. The Hall–Kier alpha value is -2.73. The number of aromatic nitrogens is 2. The van der Waals surface area contributed by atoms with Gasteiger partial charge in [0.2, 0.25) is 0 Å². The lowest BCUT2D eigenvalue weighted by Crippen LogP contribution is -2.10. The molecule has 0 saturated carbocycles. The minimum absolute atomic E-state index is 0.106. The van der Waals surface area contributed by atoms with Gasteiger partial charge in [-0.15, -0.1) is 11.3 Å². The van der Waals surface area contributed by atoms with Crippen LogP contribution in [0.15, 0.2) is 29.1 Å². The number of aryl methyl sites for hydroxylation is 1. The van der Waals surface area contributed by atoms with Crippen molar-refractivity contribution in [2.75, 3.05) is 7.11 Å². The Bertz CT molecular complexity index is 1080. The van der Waals surface area contributed by atoms with Crippen LogP contribution in [0.5, 0.6) is 0 Å². The average Bonchev–Trinajstić information content (AvgIpc) is 2.96. The Kier molecular flexibility index (Phi) is 5.02. The first-order valence-corrected chi connectivity index (χ1v) is 9.42. The van der Waals surface area contributed by atoms with Crippen molar-refractivity contribution >= 4 is 39.7 Å². The number of thiophene rings is 1. The average molecular weight is 382 g/mol. The van der Waals surface area contributed by atoms with Gasteiger partial charge in [0.15, 0.2) is 0 Å². The van der Waals surface area contributed by atoms with E-state index in [0.717, 1.165) is 5.56 Å². The van der Waals surface area contributed by atoms with Crippen LogP contribution in [0.1, 0.15) is 53.0 Å². The highest BCUT2D eigenvalue weighted by Crippen LogP contribution is 2.27. The molecule has 0 unspecified atom stereocenters. The van der Waals surface area contributed by atoms with E-state index in [9.17, 15) is 9.59 Å². The predicted octanol–water partition coefficient (Wildman–Crippen LogP) is 4.55. The zero-order valence-electron chi connectivity index (χ0n) is 16.0. The second-order valence-corrected chi connectivity index (χ2v) is 8.38. The summed E-state index contributed by atoms with van der Waals surface area (Å²) in [6.07, 6.45) is 3.66. The van der Waals surface area contributed by atoms with Crippen molar-refractivity contribution in [3.05, 3.63) is 62.0 Å². The van der Waals surface area contributed by atoms with Crippen molar-refractivity contribution < 1.29 is 9.53 Å². The van der Waals surface area contributed by atoms with Crippen molar-refractivity contribution in [1.82, 2.24) is 9.97 Å². The number of hydrogen-bond donors (Lipinski definition) is 1. The van der Waals surface area contributed by atoms with E-state index in [1.54, 1.807) is 13.0 Å². The van der Waals surface area contributed by atoms with E-state index in [2.05, 4.69) is 42.9 Å². The molecule has 5 nitrogen and oxygen atoms in total. The Morgan fingerprint density at radius 3 is 2.44 bits per heavy atom. The third-order valence-corrected chi connectivity index (χ3v) is 5.57. The smallest absolute Gasteiger partial charge is 0.348 e. The minimum atomic E-state index is -0.453. The summed E-state index contributed by atoms with van der Waals surface area (Å²) in [6.45, 7) is 8.25. The van der Waals surface area contributed by atoms with Crippen LogP contribution >= 0.6 is 11.3 Å². The second-order valence-electron chi connectivity index (χ2n) is 7.38. The molecule has 2 heterocycles. The standard InChI is InChI=1S/C21H22N2O3S/c1-12-16-18(24)22-15(23-19(16)27-17(12)20(25)26-5)11-8-13-6-9-14(10-7-13)21(2,3)4/h6-11H,1-5H3,(H,22,23,24)/b11-8+. The second kappa shape index (κ2) is 7.12. The Morgan fingerprint density at radius 1 is 1.19 bits per heavy atom. The maximum absolute atomic E-state index is 12.4. The topological polar surface area (TPSA) is 72.0 Å². The molecule has 140 valence electrons. The summed E-state index contributed by atoms with van der Waals surface area (Å²) in [6, 6.07) is 8.28. The lowest BCUT2D eigenvalue weighted by molar-refractivity contribution is 0.0605. The number of methoxy groups -OCH3 is 1. The van der Waals surface area contributed by atoms with Gasteiger partial charge in [-0.25, -0.2) is 9.78 Å². The third-order valence-electron chi connectivity index (χ3n) is 4.40. The largest absolute Gasteiger partial charge is 0.465 e. The van der Waals surface area contributed by atoms with Crippen LogP contribution in [-0.4, -0.2) is 23.0 Å². The molecule has 2 aromatic heterocycles. The fourth-order valence-electron chi connectivity index (χ4n) is 2.80. The molecular weight excluding hydrogens is 360 g/mol. The van der Waals surface area contributed by atoms with Gasteiger partial charge in [0.1, 0.15) is 15.5 Å². The number of carbonyl (C=O) groups excluding carboxylic acids is 1. The molecular formula is C21H22N2O3S. The molecule has 0 amide bonds. The first-order chi connectivity index (χ1) is 12.7. The summed E-state index contributed by atoms with van der Waals surface area (Å²) in [5, 5.41) is 0.437. The van der Waals surface area contributed by atoms with Crippen LogP contribution in [0.4, 0.5) is 0 Å². The summed E-state index contributed by atoms with van der Waals surface area (Å²) < 4.78 is 4.77. The van der Waals surface area contributed by atoms with Gasteiger partial charge in [0.05, 0.1) is 12.5 Å². The van der Waals surface area contributed by atoms with Crippen LogP contribution in [-0.2, 0) is 10.2 Å². The molecule has 0 saturated heterocycles. The highest BCUT2D eigenvalue weighted by molar-refractivity contribution is 7.20. The van der Waals surface area contributed by atoms with Crippen molar-refractivity contribution in [3.8, 4) is 0 Å². The van der Waals surface area contributed by atoms with Crippen molar-refractivity contribution in [2.45, 2.75) is 33.1 Å². The highest BCUT2D eigenvalue weighted by atomic mass is 32.1. The fourth-order valence-corrected chi connectivity index (χ4v) is 3.90. The Balaban J connectivity index is 1.94. The SMILES string of the molecule is COC(=O)c1sc2nc(/C=C/c3ccc(C(C)(C)C)cc3)[nH]c(=O)c2c1C. The number of rotatable bonds is 3. The zero-order chi connectivity index (χ0) is 19.8. The monoisotopic (exact) mass is 382 g/mol. The maximum Gasteiger partial charge on any atom is 0.348 e. The van der Waals surface area contributed by atoms with Gasteiger partial charge >= 0.3 is 5.97 Å². The molecule has 0 aliphatic rings. The number of H-pyrrole nitrogens is 1. The van der Waals surface area contributed by atoms with Gasteiger partial charge in [-0.1, -0.05) is 51.1 Å². The number of fused-ring (bicyclic) bond motifs is 1. The van der Waals surface area contributed by atoms with Crippen molar-refractivity contribution in [2.24, 2.45) is 0 Å². The van der Waals surface area contributed by atoms with E-state index < -0.39 is 5.97 Å². The number of nitrogens with zero attached hydrogens (tertiary/aromatic N) is 1. The summed E-state index contributed by atoms with van der Waals surface area (Å²) in [5.74, 6) is -0.00371. The molecule has 0 spiro atoms. The molecule has 1 aromatic carbocycles. The van der Waals surface area contributed by atoms with Crippen LogP contribution in [0, 0.1) is 6.92 Å². The van der Waals surface area contributed by atoms with Gasteiger partial charge in [-0.2, -0.15) is 0 Å². The van der Waals surface area contributed by atoms with Crippen LogP contribution in [0.25, 0.3) is 22.4 Å². The fraction of sp³-hybridized carbons (Fsp3) is 0.286. The van der Waals surface area contributed by atoms with Gasteiger partial charge in [-0.05, 0) is 35.1 Å². The summed E-state index contributed by atoms with van der Waals surface area (Å²) >= 11 is 1.17. The van der Waals surface area contributed by atoms with E-state index in [1.807, 2.05) is 18.2 Å². The third kappa shape index (κ3) is 3.85.